The molecule has 1 aromatic rings. The maximum atomic E-state index is 6.10. The average Bonchev–Trinajstić information content (AvgIpc) is 2.21. The molecule has 0 saturated carbocycles. The predicted octanol–water partition coefficient (Wildman–Crippen LogP) is 2.67. The fraction of sp³-hybridized carbons (Fsp3) is 0.500. The summed E-state index contributed by atoms with van der Waals surface area (Å²) in [6.45, 7) is 4.19. The van der Waals surface area contributed by atoms with Crippen molar-refractivity contribution in [2.24, 2.45) is 5.73 Å². The van der Waals surface area contributed by atoms with E-state index in [9.17, 15) is 0 Å². The number of hydrogen-bond donors (Lipinski definition) is 1. The van der Waals surface area contributed by atoms with Crippen molar-refractivity contribution in [1.82, 2.24) is 0 Å². The van der Waals surface area contributed by atoms with Gasteiger partial charge in [-0.25, -0.2) is 0 Å². The molecule has 0 aliphatic heterocycles. The minimum absolute atomic E-state index is 0.0502. The second-order valence-electron chi connectivity index (χ2n) is 3.74. The van der Waals surface area contributed by atoms with Gasteiger partial charge in [-0.05, 0) is 37.3 Å². The fourth-order valence-electron chi connectivity index (χ4n) is 1.55. The summed E-state index contributed by atoms with van der Waals surface area (Å²) in [6, 6.07) is 4.24. The van der Waals surface area contributed by atoms with Crippen molar-refractivity contribution in [2.75, 3.05) is 19.1 Å². The Balaban J connectivity index is 3.09. The summed E-state index contributed by atoms with van der Waals surface area (Å²) in [7, 11) is 1.69. The Morgan fingerprint density at radius 1 is 1.33 bits per heavy atom. The molecule has 0 aliphatic carbocycles. The molecule has 2 nitrogen and oxygen atoms in total. The minimum Gasteiger partial charge on any atom is -0.496 e. The van der Waals surface area contributed by atoms with E-state index in [0.29, 0.717) is 0 Å². The molecular weight excluding hydrogens is 206 g/mol. The summed E-state index contributed by atoms with van der Waals surface area (Å²) in [6.07, 6.45) is 2.06. The largest absolute Gasteiger partial charge is 0.496 e. The molecule has 0 heterocycles. The van der Waals surface area contributed by atoms with Gasteiger partial charge < -0.3 is 10.5 Å². The molecule has 84 valence electrons. The number of methoxy groups -OCH3 is 1. The zero-order valence-electron chi connectivity index (χ0n) is 9.83. The SMILES string of the molecule is COc1cc(C)c(C)cc1C(N)CSC. The molecule has 3 heteroatoms. The van der Waals surface area contributed by atoms with Crippen LogP contribution in [0.15, 0.2) is 12.1 Å². The predicted molar refractivity (Wildman–Crippen MR) is 67.8 cm³/mol. The second-order valence-corrected chi connectivity index (χ2v) is 4.65. The van der Waals surface area contributed by atoms with Crippen LogP contribution in [-0.2, 0) is 0 Å². The van der Waals surface area contributed by atoms with Gasteiger partial charge in [-0.15, -0.1) is 0 Å². The molecule has 0 spiro atoms. The maximum absolute atomic E-state index is 6.10. The van der Waals surface area contributed by atoms with Gasteiger partial charge in [0, 0.05) is 17.4 Å². The van der Waals surface area contributed by atoms with E-state index in [1.165, 1.54) is 11.1 Å². The van der Waals surface area contributed by atoms with E-state index in [4.69, 9.17) is 10.5 Å². The lowest BCUT2D eigenvalue weighted by Crippen LogP contribution is -2.14. The van der Waals surface area contributed by atoms with E-state index in [1.54, 1.807) is 18.9 Å². The number of nitrogens with two attached hydrogens (primary N) is 1. The Labute approximate surface area is 96.2 Å². The Morgan fingerprint density at radius 3 is 2.47 bits per heavy atom. The van der Waals surface area contributed by atoms with Gasteiger partial charge in [0.1, 0.15) is 5.75 Å². The highest BCUT2D eigenvalue weighted by Gasteiger charge is 2.12. The Kier molecular flexibility index (Phi) is 4.48. The quantitative estimate of drug-likeness (QED) is 0.855. The van der Waals surface area contributed by atoms with Gasteiger partial charge in [-0.2, -0.15) is 11.8 Å². The third kappa shape index (κ3) is 2.89. The van der Waals surface area contributed by atoms with Crippen LogP contribution >= 0.6 is 11.8 Å². The van der Waals surface area contributed by atoms with Crippen molar-refractivity contribution in [3.63, 3.8) is 0 Å². The summed E-state index contributed by atoms with van der Waals surface area (Å²) >= 11 is 1.75. The van der Waals surface area contributed by atoms with Gasteiger partial charge in [-0.3, -0.25) is 0 Å². The van der Waals surface area contributed by atoms with Crippen molar-refractivity contribution >= 4 is 11.8 Å². The molecule has 1 rings (SSSR count). The van der Waals surface area contributed by atoms with Gasteiger partial charge in [0.05, 0.1) is 7.11 Å². The van der Waals surface area contributed by atoms with Gasteiger partial charge in [-0.1, -0.05) is 6.07 Å². The number of aryl methyl sites for hydroxylation is 2. The summed E-state index contributed by atoms with van der Waals surface area (Å²) in [5.74, 6) is 1.82. The lowest BCUT2D eigenvalue weighted by atomic mass is 10.0. The van der Waals surface area contributed by atoms with Crippen LogP contribution < -0.4 is 10.5 Å². The van der Waals surface area contributed by atoms with Crippen LogP contribution in [0.3, 0.4) is 0 Å². The highest BCUT2D eigenvalue weighted by atomic mass is 32.2. The third-order valence-electron chi connectivity index (χ3n) is 2.59. The molecule has 0 bridgehead atoms. The van der Waals surface area contributed by atoms with Crippen molar-refractivity contribution in [2.45, 2.75) is 19.9 Å². The molecule has 0 aliphatic rings. The topological polar surface area (TPSA) is 35.2 Å². The van der Waals surface area contributed by atoms with Crippen LogP contribution in [0.25, 0.3) is 0 Å². The molecule has 1 aromatic carbocycles. The number of benzene rings is 1. The Bertz CT molecular complexity index is 339. The fourth-order valence-corrected chi connectivity index (χ4v) is 2.09. The normalized spacial score (nSPS) is 12.6. The molecule has 0 aromatic heterocycles. The number of hydrogen-bond acceptors (Lipinski definition) is 3. The molecule has 0 saturated heterocycles. The smallest absolute Gasteiger partial charge is 0.123 e. The van der Waals surface area contributed by atoms with Crippen molar-refractivity contribution in [1.29, 1.82) is 0 Å². The first-order chi connectivity index (χ1) is 7.10. The summed E-state index contributed by atoms with van der Waals surface area (Å²) < 4.78 is 5.36. The molecule has 1 atom stereocenters. The molecule has 0 fully saturated rings. The highest BCUT2D eigenvalue weighted by molar-refractivity contribution is 7.98. The monoisotopic (exact) mass is 225 g/mol. The van der Waals surface area contributed by atoms with Crippen molar-refractivity contribution in [3.8, 4) is 5.75 Å². The first-order valence-corrected chi connectivity index (χ1v) is 6.39. The summed E-state index contributed by atoms with van der Waals surface area (Å²) in [4.78, 5) is 0. The molecule has 15 heavy (non-hydrogen) atoms. The molecular formula is C12H19NOS. The second kappa shape index (κ2) is 5.42. The van der Waals surface area contributed by atoms with Crippen LogP contribution in [0.2, 0.25) is 0 Å². The zero-order valence-corrected chi connectivity index (χ0v) is 10.6. The lowest BCUT2D eigenvalue weighted by Gasteiger charge is -2.16. The highest BCUT2D eigenvalue weighted by Crippen LogP contribution is 2.28. The van der Waals surface area contributed by atoms with E-state index in [2.05, 4.69) is 32.2 Å². The summed E-state index contributed by atoms with van der Waals surface area (Å²) in [5, 5.41) is 0. The lowest BCUT2D eigenvalue weighted by molar-refractivity contribution is 0.406. The number of rotatable bonds is 4. The van der Waals surface area contributed by atoms with Crippen LogP contribution in [0.5, 0.6) is 5.75 Å². The van der Waals surface area contributed by atoms with Gasteiger partial charge in [0.25, 0.3) is 0 Å². The van der Waals surface area contributed by atoms with E-state index >= 15 is 0 Å². The van der Waals surface area contributed by atoms with Crippen LogP contribution in [-0.4, -0.2) is 19.1 Å². The van der Waals surface area contributed by atoms with Gasteiger partial charge in [0.15, 0.2) is 0 Å². The third-order valence-corrected chi connectivity index (χ3v) is 3.28. The van der Waals surface area contributed by atoms with E-state index in [0.717, 1.165) is 17.1 Å². The minimum atomic E-state index is 0.0502. The van der Waals surface area contributed by atoms with E-state index in [1.807, 2.05) is 0 Å². The Morgan fingerprint density at radius 2 is 1.93 bits per heavy atom. The molecule has 1 unspecified atom stereocenters. The van der Waals surface area contributed by atoms with Crippen molar-refractivity contribution < 1.29 is 4.74 Å². The average molecular weight is 225 g/mol. The van der Waals surface area contributed by atoms with Gasteiger partial charge in [0.2, 0.25) is 0 Å². The first kappa shape index (κ1) is 12.4. The standard InChI is InChI=1S/C12H19NOS/c1-8-5-10(11(13)7-15-4)12(14-3)6-9(8)2/h5-6,11H,7,13H2,1-4H3. The molecule has 2 N–H and O–H groups in total. The maximum Gasteiger partial charge on any atom is 0.123 e. The van der Waals surface area contributed by atoms with Crippen molar-refractivity contribution in [3.05, 3.63) is 28.8 Å². The van der Waals surface area contributed by atoms with Gasteiger partial charge >= 0.3 is 0 Å². The van der Waals surface area contributed by atoms with Crippen LogP contribution in [0, 0.1) is 13.8 Å². The van der Waals surface area contributed by atoms with Crippen LogP contribution in [0.4, 0.5) is 0 Å². The zero-order chi connectivity index (χ0) is 11.4. The molecule has 0 radical (unpaired) electrons. The number of thioether (sulfide) groups is 1. The summed E-state index contributed by atoms with van der Waals surface area (Å²) in [5.41, 5.74) is 9.72. The molecule has 0 amide bonds. The van der Waals surface area contributed by atoms with E-state index < -0.39 is 0 Å². The number of ether oxygens (including phenoxy) is 1. The van der Waals surface area contributed by atoms with Crippen LogP contribution in [0.1, 0.15) is 22.7 Å². The van der Waals surface area contributed by atoms with E-state index in [-0.39, 0.29) is 6.04 Å². The first-order valence-electron chi connectivity index (χ1n) is 4.99. The Hall–Kier alpha value is -0.670.